The number of carbonyl (C=O) groups excluding carboxylic acids is 1. The van der Waals surface area contributed by atoms with Gasteiger partial charge in [-0.1, -0.05) is 26.7 Å². The zero-order valence-corrected chi connectivity index (χ0v) is 9.81. The van der Waals surface area contributed by atoms with Crippen molar-refractivity contribution in [3.8, 4) is 0 Å². The molecule has 1 heterocycles. The lowest BCUT2D eigenvalue weighted by Crippen LogP contribution is -2.30. The van der Waals surface area contributed by atoms with Crippen LogP contribution in [0.25, 0.3) is 0 Å². The molecule has 1 rings (SSSR count). The second-order valence-electron chi connectivity index (χ2n) is 4.69. The first kappa shape index (κ1) is 11.5. The van der Waals surface area contributed by atoms with Gasteiger partial charge >= 0.3 is 0 Å². The molecule has 1 fully saturated rings. The van der Waals surface area contributed by atoms with Crippen molar-refractivity contribution >= 4 is 5.91 Å². The van der Waals surface area contributed by atoms with E-state index in [0.29, 0.717) is 5.41 Å². The summed E-state index contributed by atoms with van der Waals surface area (Å²) >= 11 is 0. The second-order valence-corrected chi connectivity index (χ2v) is 4.69. The molecule has 0 bridgehead atoms. The Labute approximate surface area is 87.7 Å². The molecule has 0 unspecified atom stereocenters. The molecule has 0 spiro atoms. The van der Waals surface area contributed by atoms with Crippen LogP contribution in [0.15, 0.2) is 0 Å². The summed E-state index contributed by atoms with van der Waals surface area (Å²) in [6.07, 6.45) is 6.26. The second kappa shape index (κ2) is 4.81. The summed E-state index contributed by atoms with van der Waals surface area (Å²) in [7, 11) is 0. The molecule has 0 aromatic carbocycles. The Morgan fingerprint density at radius 3 is 2.21 bits per heavy atom. The van der Waals surface area contributed by atoms with Gasteiger partial charge in [-0.15, -0.1) is 0 Å². The van der Waals surface area contributed by atoms with E-state index in [4.69, 9.17) is 0 Å². The van der Waals surface area contributed by atoms with Gasteiger partial charge in [-0.25, -0.2) is 0 Å². The molecule has 1 aliphatic rings. The van der Waals surface area contributed by atoms with Crippen LogP contribution < -0.4 is 0 Å². The first-order valence-corrected chi connectivity index (χ1v) is 5.89. The van der Waals surface area contributed by atoms with E-state index in [2.05, 4.69) is 13.8 Å². The molecule has 14 heavy (non-hydrogen) atoms. The normalized spacial score (nSPS) is 20.1. The van der Waals surface area contributed by atoms with Gasteiger partial charge in [0.1, 0.15) is 0 Å². The quantitative estimate of drug-likeness (QED) is 0.678. The summed E-state index contributed by atoms with van der Waals surface area (Å²) < 4.78 is 0. The Morgan fingerprint density at radius 2 is 1.86 bits per heavy atom. The molecule has 1 amide bonds. The largest absolute Gasteiger partial charge is 0.342 e. The molecule has 82 valence electrons. The van der Waals surface area contributed by atoms with E-state index >= 15 is 0 Å². The summed E-state index contributed by atoms with van der Waals surface area (Å²) in [6, 6.07) is 0. The van der Waals surface area contributed by atoms with Crippen LogP contribution in [0.4, 0.5) is 0 Å². The predicted molar refractivity (Wildman–Crippen MR) is 59.1 cm³/mol. The molecular weight excluding hydrogens is 174 g/mol. The van der Waals surface area contributed by atoms with Crippen molar-refractivity contribution in [1.82, 2.24) is 4.90 Å². The SMILES string of the molecule is CCCC1(CCC)CCN(C(C)=O)C1. The molecule has 1 saturated heterocycles. The Balaban J connectivity index is 2.58. The first-order valence-electron chi connectivity index (χ1n) is 5.89. The van der Waals surface area contributed by atoms with E-state index < -0.39 is 0 Å². The van der Waals surface area contributed by atoms with Crippen LogP contribution in [0, 0.1) is 5.41 Å². The van der Waals surface area contributed by atoms with E-state index in [1.165, 1.54) is 32.1 Å². The summed E-state index contributed by atoms with van der Waals surface area (Å²) in [6.45, 7) is 8.16. The molecule has 0 atom stereocenters. The van der Waals surface area contributed by atoms with Crippen LogP contribution in [0.2, 0.25) is 0 Å². The van der Waals surface area contributed by atoms with Crippen LogP contribution in [0.3, 0.4) is 0 Å². The third-order valence-corrected chi connectivity index (χ3v) is 3.44. The van der Waals surface area contributed by atoms with Crippen molar-refractivity contribution in [3.05, 3.63) is 0 Å². The van der Waals surface area contributed by atoms with Gasteiger partial charge in [-0.05, 0) is 24.7 Å². The minimum atomic E-state index is 0.249. The standard InChI is InChI=1S/C12H23NO/c1-4-6-12(7-5-2)8-9-13(10-12)11(3)14/h4-10H2,1-3H3. The van der Waals surface area contributed by atoms with Crippen LogP contribution in [-0.2, 0) is 4.79 Å². The summed E-state index contributed by atoms with van der Waals surface area (Å²) in [5.74, 6) is 0.249. The van der Waals surface area contributed by atoms with Crippen molar-refractivity contribution in [1.29, 1.82) is 0 Å². The van der Waals surface area contributed by atoms with Gasteiger partial charge in [-0.3, -0.25) is 4.79 Å². The van der Waals surface area contributed by atoms with Gasteiger partial charge in [-0.2, -0.15) is 0 Å². The zero-order chi connectivity index (χ0) is 10.6. The monoisotopic (exact) mass is 197 g/mol. The molecule has 0 aromatic heterocycles. The van der Waals surface area contributed by atoms with E-state index in [1.54, 1.807) is 6.92 Å². The van der Waals surface area contributed by atoms with Gasteiger partial charge in [0.05, 0.1) is 0 Å². The van der Waals surface area contributed by atoms with E-state index in [-0.39, 0.29) is 5.91 Å². The fourth-order valence-corrected chi connectivity index (χ4v) is 2.80. The van der Waals surface area contributed by atoms with Crippen molar-refractivity contribution in [2.24, 2.45) is 5.41 Å². The van der Waals surface area contributed by atoms with Gasteiger partial charge in [0.15, 0.2) is 0 Å². The fourth-order valence-electron chi connectivity index (χ4n) is 2.80. The lowest BCUT2D eigenvalue weighted by Gasteiger charge is -2.28. The maximum atomic E-state index is 11.3. The number of nitrogens with zero attached hydrogens (tertiary/aromatic N) is 1. The van der Waals surface area contributed by atoms with Crippen LogP contribution in [0.5, 0.6) is 0 Å². The molecule has 2 heteroatoms. The maximum Gasteiger partial charge on any atom is 0.219 e. The Kier molecular flexibility index (Phi) is 3.97. The van der Waals surface area contributed by atoms with Crippen LogP contribution in [-0.4, -0.2) is 23.9 Å². The van der Waals surface area contributed by atoms with Crippen molar-refractivity contribution in [3.63, 3.8) is 0 Å². The number of hydrogen-bond donors (Lipinski definition) is 0. The molecule has 1 aliphatic heterocycles. The average molecular weight is 197 g/mol. The predicted octanol–water partition coefficient (Wildman–Crippen LogP) is 2.83. The Morgan fingerprint density at radius 1 is 1.29 bits per heavy atom. The fraction of sp³-hybridized carbons (Fsp3) is 0.917. The number of rotatable bonds is 4. The summed E-state index contributed by atoms with van der Waals surface area (Å²) in [4.78, 5) is 13.3. The van der Waals surface area contributed by atoms with Crippen molar-refractivity contribution in [2.75, 3.05) is 13.1 Å². The first-order chi connectivity index (χ1) is 6.63. The molecule has 0 aliphatic carbocycles. The highest BCUT2D eigenvalue weighted by Crippen LogP contribution is 2.39. The number of carbonyl (C=O) groups is 1. The maximum absolute atomic E-state index is 11.3. The third kappa shape index (κ3) is 2.49. The van der Waals surface area contributed by atoms with Gasteiger partial charge in [0, 0.05) is 20.0 Å². The van der Waals surface area contributed by atoms with Crippen LogP contribution in [0.1, 0.15) is 52.9 Å². The van der Waals surface area contributed by atoms with Crippen LogP contribution >= 0.6 is 0 Å². The highest BCUT2D eigenvalue weighted by molar-refractivity contribution is 5.73. The molecule has 0 aromatic rings. The summed E-state index contributed by atoms with van der Waals surface area (Å²) in [5.41, 5.74) is 0.454. The molecule has 0 radical (unpaired) electrons. The highest BCUT2D eigenvalue weighted by atomic mass is 16.2. The van der Waals surface area contributed by atoms with Gasteiger partial charge in [0.2, 0.25) is 5.91 Å². The average Bonchev–Trinajstić information content (AvgIpc) is 2.51. The smallest absolute Gasteiger partial charge is 0.219 e. The summed E-state index contributed by atoms with van der Waals surface area (Å²) in [5, 5.41) is 0. The third-order valence-electron chi connectivity index (χ3n) is 3.44. The topological polar surface area (TPSA) is 20.3 Å². The minimum absolute atomic E-state index is 0.249. The number of likely N-dealkylation sites (tertiary alicyclic amines) is 1. The zero-order valence-electron chi connectivity index (χ0n) is 9.81. The lowest BCUT2D eigenvalue weighted by molar-refractivity contribution is -0.128. The van der Waals surface area contributed by atoms with Crippen molar-refractivity contribution in [2.45, 2.75) is 52.9 Å². The van der Waals surface area contributed by atoms with E-state index in [0.717, 1.165) is 13.1 Å². The number of hydrogen-bond acceptors (Lipinski definition) is 1. The Bertz CT molecular complexity index is 194. The number of amides is 1. The van der Waals surface area contributed by atoms with E-state index in [1.807, 2.05) is 4.90 Å². The minimum Gasteiger partial charge on any atom is -0.342 e. The molecular formula is C12H23NO. The van der Waals surface area contributed by atoms with Gasteiger partial charge < -0.3 is 4.90 Å². The molecule has 2 nitrogen and oxygen atoms in total. The lowest BCUT2D eigenvalue weighted by atomic mass is 9.79. The van der Waals surface area contributed by atoms with Crippen molar-refractivity contribution < 1.29 is 4.79 Å². The molecule has 0 saturated carbocycles. The van der Waals surface area contributed by atoms with E-state index in [9.17, 15) is 4.79 Å². The highest BCUT2D eigenvalue weighted by Gasteiger charge is 2.37. The van der Waals surface area contributed by atoms with Gasteiger partial charge in [0.25, 0.3) is 0 Å². The molecule has 0 N–H and O–H groups in total. The Hall–Kier alpha value is -0.530.